The number of hydrogen-bond donors (Lipinski definition) is 0. The first-order chi connectivity index (χ1) is 4.97. The van der Waals surface area contributed by atoms with Gasteiger partial charge < -0.3 is 4.74 Å². The first kappa shape index (κ1) is 6.38. The lowest BCUT2D eigenvalue weighted by molar-refractivity contribution is 0.218. The molecule has 1 aromatic heterocycles. The van der Waals surface area contributed by atoms with Gasteiger partial charge in [-0.15, -0.1) is 11.3 Å². The zero-order chi connectivity index (χ0) is 6.81. The molecule has 1 nitrogen and oxygen atoms in total. The maximum Gasteiger partial charge on any atom is 0.136 e. The second-order valence-corrected chi connectivity index (χ2v) is 3.30. The van der Waals surface area contributed by atoms with Gasteiger partial charge >= 0.3 is 0 Å². The Kier molecular flexibility index (Phi) is 1.74. The minimum atomic E-state index is 0.910. The van der Waals surface area contributed by atoms with Gasteiger partial charge in [0.2, 0.25) is 0 Å². The van der Waals surface area contributed by atoms with E-state index in [0.717, 1.165) is 13.0 Å². The summed E-state index contributed by atoms with van der Waals surface area (Å²) in [6.07, 6.45) is 3.50. The molecule has 1 fully saturated rings. The van der Waals surface area contributed by atoms with E-state index in [4.69, 9.17) is 4.74 Å². The summed E-state index contributed by atoms with van der Waals surface area (Å²) in [4.78, 5) is 1.30. The predicted molar refractivity (Wildman–Crippen MR) is 41.9 cm³/mol. The molecule has 0 spiro atoms. The Labute approximate surface area is 64.6 Å². The molecule has 1 saturated heterocycles. The van der Waals surface area contributed by atoms with Crippen molar-refractivity contribution < 1.29 is 4.74 Å². The second-order valence-electron chi connectivity index (χ2n) is 2.35. The topological polar surface area (TPSA) is 9.23 Å². The highest BCUT2D eigenvalue weighted by Gasteiger charge is 2.19. The number of ether oxygens (including phenoxy) is 1. The van der Waals surface area contributed by atoms with E-state index >= 15 is 0 Å². The van der Waals surface area contributed by atoms with Crippen LogP contribution >= 0.6 is 11.3 Å². The van der Waals surface area contributed by atoms with Crippen LogP contribution in [0.1, 0.15) is 17.7 Å². The fourth-order valence-electron chi connectivity index (χ4n) is 1.13. The summed E-state index contributed by atoms with van der Waals surface area (Å²) in [6, 6.07) is 4.18. The molecule has 0 bridgehead atoms. The van der Waals surface area contributed by atoms with E-state index < -0.39 is 0 Å². The van der Waals surface area contributed by atoms with Crippen LogP contribution in [-0.2, 0) is 4.74 Å². The molecule has 1 aliphatic rings. The molecule has 2 heteroatoms. The molecular weight excluding hydrogens is 144 g/mol. The summed E-state index contributed by atoms with van der Waals surface area (Å²) < 4.78 is 5.42. The lowest BCUT2D eigenvalue weighted by atomic mass is 10.2. The van der Waals surface area contributed by atoms with E-state index in [0.29, 0.717) is 0 Å². The third kappa shape index (κ3) is 1.09. The van der Waals surface area contributed by atoms with Crippen molar-refractivity contribution >= 4 is 11.3 Å². The molecule has 0 aromatic carbocycles. The summed E-state index contributed by atoms with van der Waals surface area (Å²) in [5, 5.41) is 2.09. The Morgan fingerprint density at radius 2 is 2.50 bits per heavy atom. The Bertz CT molecular complexity index is 187. The van der Waals surface area contributed by atoms with E-state index in [9.17, 15) is 0 Å². The fourth-order valence-corrected chi connectivity index (χ4v) is 1.89. The summed E-state index contributed by atoms with van der Waals surface area (Å²) in [5.74, 6) is 0. The monoisotopic (exact) mass is 153 g/mol. The highest BCUT2D eigenvalue weighted by atomic mass is 32.1. The molecule has 0 N–H and O–H groups in total. The van der Waals surface area contributed by atoms with Gasteiger partial charge in [-0.25, -0.2) is 0 Å². The van der Waals surface area contributed by atoms with Crippen LogP contribution in [0.5, 0.6) is 0 Å². The zero-order valence-corrected chi connectivity index (χ0v) is 6.49. The molecule has 53 valence electrons. The Balaban J connectivity index is 2.12. The van der Waals surface area contributed by atoms with Crippen molar-refractivity contribution in [2.24, 2.45) is 0 Å². The Morgan fingerprint density at radius 1 is 1.50 bits per heavy atom. The van der Waals surface area contributed by atoms with Crippen LogP contribution in [0.4, 0.5) is 0 Å². The van der Waals surface area contributed by atoms with Crippen molar-refractivity contribution in [3.05, 3.63) is 28.5 Å². The SMILES string of the molecule is c1csc([C]2CCCO2)c1. The molecular formula is C8H9OS. The zero-order valence-electron chi connectivity index (χ0n) is 5.67. The molecule has 1 aromatic rings. The van der Waals surface area contributed by atoms with Gasteiger partial charge in [0.1, 0.15) is 6.10 Å². The highest BCUT2D eigenvalue weighted by Crippen LogP contribution is 2.29. The minimum Gasteiger partial charge on any atom is -0.366 e. The van der Waals surface area contributed by atoms with Crippen molar-refractivity contribution in [2.75, 3.05) is 6.61 Å². The van der Waals surface area contributed by atoms with E-state index in [1.807, 2.05) is 0 Å². The van der Waals surface area contributed by atoms with Crippen molar-refractivity contribution in [3.8, 4) is 0 Å². The normalized spacial score (nSPS) is 20.0. The smallest absolute Gasteiger partial charge is 0.136 e. The summed E-state index contributed by atoms with van der Waals surface area (Å²) in [6.45, 7) is 0.910. The molecule has 10 heavy (non-hydrogen) atoms. The van der Waals surface area contributed by atoms with E-state index in [1.165, 1.54) is 17.4 Å². The van der Waals surface area contributed by atoms with Crippen molar-refractivity contribution in [1.29, 1.82) is 0 Å². The maximum absolute atomic E-state index is 5.42. The van der Waals surface area contributed by atoms with Gasteiger partial charge in [-0.1, -0.05) is 6.07 Å². The van der Waals surface area contributed by atoms with Gasteiger partial charge in [0.25, 0.3) is 0 Å². The molecule has 0 amide bonds. The van der Waals surface area contributed by atoms with Gasteiger partial charge in [-0.2, -0.15) is 0 Å². The summed E-state index contributed by atoms with van der Waals surface area (Å²) >= 11 is 1.76. The first-order valence-electron chi connectivity index (χ1n) is 3.49. The molecule has 2 rings (SSSR count). The van der Waals surface area contributed by atoms with Crippen LogP contribution in [0.2, 0.25) is 0 Å². The van der Waals surface area contributed by atoms with Crippen molar-refractivity contribution in [2.45, 2.75) is 12.8 Å². The summed E-state index contributed by atoms with van der Waals surface area (Å²) in [7, 11) is 0. The van der Waals surface area contributed by atoms with Gasteiger partial charge in [0, 0.05) is 11.5 Å². The number of thiophene rings is 1. The fraction of sp³-hybridized carbons (Fsp3) is 0.375. The highest BCUT2D eigenvalue weighted by molar-refractivity contribution is 7.10. The second kappa shape index (κ2) is 2.72. The maximum atomic E-state index is 5.42. The Hall–Kier alpha value is -0.340. The predicted octanol–water partition coefficient (Wildman–Crippen LogP) is 2.44. The largest absolute Gasteiger partial charge is 0.366 e. The molecule has 0 saturated carbocycles. The van der Waals surface area contributed by atoms with E-state index in [-0.39, 0.29) is 0 Å². The molecule has 1 aliphatic heterocycles. The molecule has 0 aliphatic carbocycles. The average Bonchev–Trinajstić information content (AvgIpc) is 2.59. The van der Waals surface area contributed by atoms with Crippen LogP contribution in [0.25, 0.3) is 0 Å². The Morgan fingerprint density at radius 3 is 3.10 bits per heavy atom. The lowest BCUT2D eigenvalue weighted by Crippen LogP contribution is -1.91. The lowest BCUT2D eigenvalue weighted by Gasteiger charge is -2.02. The minimum absolute atomic E-state index is 0.910. The number of rotatable bonds is 1. The third-order valence-corrected chi connectivity index (χ3v) is 2.53. The van der Waals surface area contributed by atoms with Crippen LogP contribution in [0.3, 0.4) is 0 Å². The van der Waals surface area contributed by atoms with Crippen molar-refractivity contribution in [1.82, 2.24) is 0 Å². The standard InChI is InChI=1S/C8H9OS/c1-3-7(9-5-1)8-4-2-6-10-8/h2,4,6H,1,3,5H2. The van der Waals surface area contributed by atoms with Crippen LogP contribution in [0.15, 0.2) is 17.5 Å². The van der Waals surface area contributed by atoms with Gasteiger partial charge in [0.05, 0.1) is 0 Å². The number of hydrogen-bond acceptors (Lipinski definition) is 2. The van der Waals surface area contributed by atoms with Gasteiger partial charge in [0.15, 0.2) is 0 Å². The van der Waals surface area contributed by atoms with Crippen LogP contribution in [-0.4, -0.2) is 6.61 Å². The van der Waals surface area contributed by atoms with Gasteiger partial charge in [-0.05, 0) is 24.3 Å². The van der Waals surface area contributed by atoms with Crippen molar-refractivity contribution in [3.63, 3.8) is 0 Å². The van der Waals surface area contributed by atoms with Crippen LogP contribution < -0.4 is 0 Å². The molecule has 2 heterocycles. The molecule has 1 radical (unpaired) electrons. The molecule has 0 unspecified atom stereocenters. The average molecular weight is 153 g/mol. The van der Waals surface area contributed by atoms with Crippen LogP contribution in [0, 0.1) is 6.10 Å². The summed E-state index contributed by atoms with van der Waals surface area (Å²) in [5.41, 5.74) is 0. The van der Waals surface area contributed by atoms with Gasteiger partial charge in [-0.3, -0.25) is 0 Å². The molecule has 0 atom stereocenters. The first-order valence-corrected chi connectivity index (χ1v) is 4.37. The third-order valence-electron chi connectivity index (χ3n) is 1.62. The van der Waals surface area contributed by atoms with E-state index in [2.05, 4.69) is 17.5 Å². The van der Waals surface area contributed by atoms with E-state index in [1.54, 1.807) is 11.3 Å². The quantitative estimate of drug-likeness (QED) is 0.602.